The number of aliphatic hydroxyl groups excluding tert-OH is 1. The molecular formula is C11H20N2O3S. The Labute approximate surface area is 106 Å². The van der Waals surface area contributed by atoms with Gasteiger partial charge in [0.1, 0.15) is 0 Å². The Kier molecular flexibility index (Phi) is 5.09. The minimum atomic E-state index is -0.207. The molecule has 2 aliphatic rings. The highest BCUT2D eigenvalue weighted by atomic mass is 32.2. The lowest BCUT2D eigenvalue weighted by molar-refractivity contribution is -0.140. The van der Waals surface area contributed by atoms with Gasteiger partial charge in [-0.2, -0.15) is 11.8 Å². The standard InChI is InChI=1S/C11H20N2O3S/c14-7-10-6-13(2-3-16-10)11(15)5-9-8-17-4-1-12-9/h9-10,12,14H,1-8H2. The fourth-order valence-electron chi connectivity index (χ4n) is 2.15. The Bertz CT molecular complexity index is 259. The smallest absolute Gasteiger partial charge is 0.224 e. The molecule has 2 rings (SSSR count). The molecular weight excluding hydrogens is 240 g/mol. The van der Waals surface area contributed by atoms with Crippen molar-refractivity contribution in [2.45, 2.75) is 18.6 Å². The Morgan fingerprint density at radius 2 is 2.47 bits per heavy atom. The van der Waals surface area contributed by atoms with Gasteiger partial charge in [0.25, 0.3) is 0 Å². The zero-order chi connectivity index (χ0) is 12.1. The minimum Gasteiger partial charge on any atom is -0.394 e. The summed E-state index contributed by atoms with van der Waals surface area (Å²) in [6.45, 7) is 2.68. The average molecular weight is 260 g/mol. The third-order valence-electron chi connectivity index (χ3n) is 3.11. The van der Waals surface area contributed by atoms with Crippen molar-refractivity contribution in [3.8, 4) is 0 Å². The zero-order valence-corrected chi connectivity index (χ0v) is 10.7. The molecule has 98 valence electrons. The van der Waals surface area contributed by atoms with E-state index in [2.05, 4.69) is 5.32 Å². The SMILES string of the molecule is O=C(CC1CSCCN1)N1CCOC(CO)C1. The number of aliphatic hydroxyl groups is 1. The zero-order valence-electron chi connectivity index (χ0n) is 9.93. The number of ether oxygens (including phenoxy) is 1. The van der Waals surface area contributed by atoms with E-state index in [0.29, 0.717) is 32.2 Å². The average Bonchev–Trinajstić information content (AvgIpc) is 2.40. The van der Waals surface area contributed by atoms with Crippen LogP contribution in [-0.2, 0) is 9.53 Å². The van der Waals surface area contributed by atoms with Gasteiger partial charge in [0, 0.05) is 43.6 Å². The van der Waals surface area contributed by atoms with E-state index in [1.807, 2.05) is 16.7 Å². The molecule has 2 unspecified atom stereocenters. The van der Waals surface area contributed by atoms with Crippen LogP contribution in [0.3, 0.4) is 0 Å². The fraction of sp³-hybridized carbons (Fsp3) is 0.909. The lowest BCUT2D eigenvalue weighted by Gasteiger charge is -2.33. The maximum Gasteiger partial charge on any atom is 0.224 e. The first-order valence-electron chi connectivity index (χ1n) is 6.11. The summed E-state index contributed by atoms with van der Waals surface area (Å²) in [5, 5.41) is 12.4. The lowest BCUT2D eigenvalue weighted by atomic mass is 10.2. The Balaban J connectivity index is 1.78. The van der Waals surface area contributed by atoms with Crippen LogP contribution in [0, 0.1) is 0 Å². The quantitative estimate of drug-likeness (QED) is 0.703. The Morgan fingerprint density at radius 1 is 1.59 bits per heavy atom. The van der Waals surface area contributed by atoms with Crippen LogP contribution in [-0.4, -0.2) is 72.4 Å². The van der Waals surface area contributed by atoms with Crippen LogP contribution < -0.4 is 5.32 Å². The lowest BCUT2D eigenvalue weighted by Crippen LogP contribution is -2.49. The second-order valence-electron chi connectivity index (χ2n) is 4.45. The summed E-state index contributed by atoms with van der Waals surface area (Å²) >= 11 is 1.90. The number of rotatable bonds is 3. The molecule has 0 aromatic carbocycles. The summed E-state index contributed by atoms with van der Waals surface area (Å²) in [6, 6.07) is 0.302. The van der Waals surface area contributed by atoms with E-state index < -0.39 is 0 Å². The van der Waals surface area contributed by atoms with Gasteiger partial charge in [-0.1, -0.05) is 0 Å². The molecule has 2 aliphatic heterocycles. The molecule has 2 fully saturated rings. The van der Waals surface area contributed by atoms with Gasteiger partial charge >= 0.3 is 0 Å². The van der Waals surface area contributed by atoms with Crippen molar-refractivity contribution in [2.75, 3.05) is 44.4 Å². The van der Waals surface area contributed by atoms with Crippen LogP contribution in [0.5, 0.6) is 0 Å². The number of morpholine rings is 1. The van der Waals surface area contributed by atoms with Crippen LogP contribution in [0.15, 0.2) is 0 Å². The second-order valence-corrected chi connectivity index (χ2v) is 5.60. The number of carbonyl (C=O) groups excluding carboxylic acids is 1. The first kappa shape index (κ1) is 13.1. The summed E-state index contributed by atoms with van der Waals surface area (Å²) in [7, 11) is 0. The fourth-order valence-corrected chi connectivity index (χ4v) is 3.10. The molecule has 2 heterocycles. The number of thioether (sulfide) groups is 1. The van der Waals surface area contributed by atoms with E-state index in [0.717, 1.165) is 18.1 Å². The van der Waals surface area contributed by atoms with Crippen molar-refractivity contribution >= 4 is 17.7 Å². The molecule has 0 radical (unpaired) electrons. The molecule has 5 nitrogen and oxygen atoms in total. The minimum absolute atomic E-state index is 0.0126. The molecule has 0 aliphatic carbocycles. The third-order valence-corrected chi connectivity index (χ3v) is 4.25. The maximum atomic E-state index is 12.1. The molecule has 1 amide bonds. The monoisotopic (exact) mass is 260 g/mol. The van der Waals surface area contributed by atoms with Gasteiger partial charge in [0.2, 0.25) is 5.91 Å². The topological polar surface area (TPSA) is 61.8 Å². The van der Waals surface area contributed by atoms with Gasteiger partial charge in [0.05, 0.1) is 19.3 Å². The summed E-state index contributed by atoms with van der Waals surface area (Å²) < 4.78 is 5.33. The first-order valence-corrected chi connectivity index (χ1v) is 7.26. The van der Waals surface area contributed by atoms with Gasteiger partial charge < -0.3 is 20.1 Å². The van der Waals surface area contributed by atoms with Crippen LogP contribution in [0.25, 0.3) is 0 Å². The molecule has 0 bridgehead atoms. The second kappa shape index (κ2) is 6.58. The van der Waals surface area contributed by atoms with Crippen LogP contribution in [0.4, 0.5) is 0 Å². The Hall–Kier alpha value is -0.300. The Morgan fingerprint density at radius 3 is 3.18 bits per heavy atom. The van der Waals surface area contributed by atoms with Crippen molar-refractivity contribution in [1.82, 2.24) is 10.2 Å². The molecule has 6 heteroatoms. The van der Waals surface area contributed by atoms with Crippen LogP contribution in [0.1, 0.15) is 6.42 Å². The molecule has 0 spiro atoms. The highest BCUT2D eigenvalue weighted by Gasteiger charge is 2.26. The van der Waals surface area contributed by atoms with Crippen molar-refractivity contribution < 1.29 is 14.6 Å². The highest BCUT2D eigenvalue weighted by molar-refractivity contribution is 7.99. The summed E-state index contributed by atoms with van der Waals surface area (Å²) in [6.07, 6.45) is 0.354. The summed E-state index contributed by atoms with van der Waals surface area (Å²) in [5.74, 6) is 2.32. The van der Waals surface area contributed by atoms with Crippen molar-refractivity contribution in [2.24, 2.45) is 0 Å². The number of hydrogen-bond donors (Lipinski definition) is 2. The van der Waals surface area contributed by atoms with Crippen LogP contribution in [0.2, 0.25) is 0 Å². The predicted octanol–water partition coefficient (Wildman–Crippen LogP) is -0.699. The third kappa shape index (κ3) is 3.84. The molecule has 2 atom stereocenters. The van der Waals surface area contributed by atoms with E-state index in [1.54, 1.807) is 0 Å². The van der Waals surface area contributed by atoms with E-state index in [9.17, 15) is 4.79 Å². The van der Waals surface area contributed by atoms with Crippen molar-refractivity contribution in [3.63, 3.8) is 0 Å². The number of carbonyl (C=O) groups is 1. The van der Waals surface area contributed by atoms with E-state index in [4.69, 9.17) is 9.84 Å². The van der Waals surface area contributed by atoms with Crippen LogP contribution >= 0.6 is 11.8 Å². The first-order chi connectivity index (χ1) is 8.29. The predicted molar refractivity (Wildman–Crippen MR) is 67.1 cm³/mol. The number of amides is 1. The molecule has 0 aromatic heterocycles. The van der Waals surface area contributed by atoms with Crippen molar-refractivity contribution in [3.05, 3.63) is 0 Å². The summed E-state index contributed by atoms with van der Waals surface area (Å²) in [5.41, 5.74) is 0. The largest absolute Gasteiger partial charge is 0.394 e. The molecule has 0 aromatic rings. The molecule has 2 saturated heterocycles. The highest BCUT2D eigenvalue weighted by Crippen LogP contribution is 2.13. The van der Waals surface area contributed by atoms with Crippen molar-refractivity contribution in [1.29, 1.82) is 0 Å². The van der Waals surface area contributed by atoms with E-state index in [1.165, 1.54) is 0 Å². The molecule has 2 N–H and O–H groups in total. The number of nitrogens with one attached hydrogen (secondary N) is 1. The van der Waals surface area contributed by atoms with Gasteiger partial charge in [-0.15, -0.1) is 0 Å². The van der Waals surface area contributed by atoms with Gasteiger partial charge in [-0.25, -0.2) is 0 Å². The normalized spacial score (nSPS) is 30.3. The van der Waals surface area contributed by atoms with E-state index >= 15 is 0 Å². The number of hydrogen-bond acceptors (Lipinski definition) is 5. The van der Waals surface area contributed by atoms with E-state index in [-0.39, 0.29) is 18.6 Å². The van der Waals surface area contributed by atoms with Gasteiger partial charge in [-0.3, -0.25) is 4.79 Å². The molecule has 17 heavy (non-hydrogen) atoms. The summed E-state index contributed by atoms with van der Waals surface area (Å²) in [4.78, 5) is 13.9. The number of nitrogens with zero attached hydrogens (tertiary/aromatic N) is 1. The molecule has 0 saturated carbocycles. The maximum absolute atomic E-state index is 12.1. The van der Waals surface area contributed by atoms with Gasteiger partial charge in [0.15, 0.2) is 0 Å². The van der Waals surface area contributed by atoms with Gasteiger partial charge in [-0.05, 0) is 0 Å².